The van der Waals surface area contributed by atoms with Gasteiger partial charge in [0.05, 0.1) is 19.8 Å². The highest BCUT2D eigenvalue weighted by Crippen LogP contribution is 2.38. The number of methoxy groups -OCH3 is 1. The fraction of sp³-hybridized carbons (Fsp3) is 0.538. The molecular formula is C26H38N2O2. The smallest absolute Gasteiger partial charge is 0.122 e. The molecule has 0 amide bonds. The lowest BCUT2D eigenvalue weighted by Crippen LogP contribution is -2.44. The number of hydrazine groups is 1. The number of rotatable bonds is 11. The molecule has 164 valence electrons. The number of nitrogens with zero attached hydrogens (tertiary/aromatic N) is 1. The van der Waals surface area contributed by atoms with Crippen molar-refractivity contribution in [1.29, 1.82) is 0 Å². The quantitative estimate of drug-likeness (QED) is 0.369. The Morgan fingerprint density at radius 1 is 1.03 bits per heavy atom. The van der Waals surface area contributed by atoms with Gasteiger partial charge in [0.1, 0.15) is 11.5 Å². The average Bonchev–Trinajstić information content (AvgIpc) is 2.77. The van der Waals surface area contributed by atoms with E-state index in [0.29, 0.717) is 5.92 Å². The van der Waals surface area contributed by atoms with Gasteiger partial charge in [-0.2, -0.15) is 0 Å². The summed E-state index contributed by atoms with van der Waals surface area (Å²) < 4.78 is 11.7. The third kappa shape index (κ3) is 6.23. The van der Waals surface area contributed by atoms with Gasteiger partial charge >= 0.3 is 0 Å². The Hall–Kier alpha value is -2.04. The number of nitrogens with two attached hydrogens (primary N) is 1. The van der Waals surface area contributed by atoms with Crippen molar-refractivity contribution in [3.63, 3.8) is 0 Å². The van der Waals surface area contributed by atoms with E-state index in [4.69, 9.17) is 15.3 Å². The van der Waals surface area contributed by atoms with Crippen molar-refractivity contribution in [1.82, 2.24) is 5.01 Å². The van der Waals surface area contributed by atoms with Crippen LogP contribution in [0.15, 0.2) is 48.5 Å². The summed E-state index contributed by atoms with van der Waals surface area (Å²) >= 11 is 0. The van der Waals surface area contributed by atoms with Gasteiger partial charge in [0.15, 0.2) is 0 Å². The first-order valence-corrected chi connectivity index (χ1v) is 11.6. The SMILES string of the molecule is CCCCCCCOc1ccc(OC)c(C[C@@H]2CCCN(N)[C@@H]2c2ccccc2)c1. The minimum Gasteiger partial charge on any atom is -0.496 e. The molecular weight excluding hydrogens is 372 g/mol. The van der Waals surface area contributed by atoms with E-state index >= 15 is 0 Å². The zero-order valence-corrected chi connectivity index (χ0v) is 18.7. The van der Waals surface area contributed by atoms with Gasteiger partial charge in [-0.05, 0) is 60.9 Å². The number of hydrogen-bond acceptors (Lipinski definition) is 4. The Morgan fingerprint density at radius 2 is 1.83 bits per heavy atom. The molecule has 2 aromatic carbocycles. The van der Waals surface area contributed by atoms with Crippen molar-refractivity contribution in [3.05, 3.63) is 59.7 Å². The number of ether oxygens (including phenoxy) is 2. The van der Waals surface area contributed by atoms with Crippen LogP contribution in [-0.2, 0) is 6.42 Å². The van der Waals surface area contributed by atoms with Crippen LogP contribution in [0.2, 0.25) is 0 Å². The first-order chi connectivity index (χ1) is 14.7. The second kappa shape index (κ2) is 12.0. The molecule has 1 saturated heterocycles. The Bertz CT molecular complexity index is 750. The normalized spacial score (nSPS) is 19.6. The van der Waals surface area contributed by atoms with Crippen LogP contribution < -0.4 is 15.3 Å². The largest absolute Gasteiger partial charge is 0.496 e. The van der Waals surface area contributed by atoms with Crippen LogP contribution in [0.3, 0.4) is 0 Å². The van der Waals surface area contributed by atoms with Crippen LogP contribution in [0.25, 0.3) is 0 Å². The topological polar surface area (TPSA) is 47.7 Å². The Labute approximate surface area is 182 Å². The summed E-state index contributed by atoms with van der Waals surface area (Å²) in [4.78, 5) is 0. The van der Waals surface area contributed by atoms with Crippen LogP contribution in [0, 0.1) is 5.92 Å². The van der Waals surface area contributed by atoms with Gasteiger partial charge in [0.25, 0.3) is 0 Å². The van der Waals surface area contributed by atoms with Crippen LogP contribution in [0.4, 0.5) is 0 Å². The predicted octanol–water partition coefficient (Wildman–Crippen LogP) is 5.91. The van der Waals surface area contributed by atoms with E-state index in [1.54, 1.807) is 7.11 Å². The molecule has 0 radical (unpaired) electrons. The van der Waals surface area contributed by atoms with Gasteiger partial charge < -0.3 is 9.47 Å². The molecule has 4 heteroatoms. The molecule has 0 bridgehead atoms. The number of benzene rings is 2. The first kappa shape index (κ1) is 22.6. The van der Waals surface area contributed by atoms with Crippen LogP contribution in [0.5, 0.6) is 11.5 Å². The second-order valence-corrected chi connectivity index (χ2v) is 8.44. The summed E-state index contributed by atoms with van der Waals surface area (Å²) in [5.74, 6) is 8.78. The Morgan fingerprint density at radius 3 is 2.60 bits per heavy atom. The minimum absolute atomic E-state index is 0.229. The molecule has 0 saturated carbocycles. The summed E-state index contributed by atoms with van der Waals surface area (Å²) in [6, 6.07) is 17.1. The highest BCUT2D eigenvalue weighted by Gasteiger charge is 2.31. The zero-order chi connectivity index (χ0) is 21.2. The fourth-order valence-electron chi connectivity index (χ4n) is 4.61. The fourth-order valence-corrected chi connectivity index (χ4v) is 4.61. The molecule has 1 aliphatic heterocycles. The van der Waals surface area contributed by atoms with Crippen molar-refractivity contribution < 1.29 is 9.47 Å². The zero-order valence-electron chi connectivity index (χ0n) is 18.7. The molecule has 2 N–H and O–H groups in total. The lowest BCUT2D eigenvalue weighted by molar-refractivity contribution is 0.0922. The number of unbranched alkanes of at least 4 members (excludes halogenated alkanes) is 4. The first-order valence-electron chi connectivity index (χ1n) is 11.6. The second-order valence-electron chi connectivity index (χ2n) is 8.44. The number of hydrogen-bond donors (Lipinski definition) is 1. The molecule has 1 aliphatic rings. The summed E-state index contributed by atoms with van der Waals surface area (Å²) in [5, 5.41) is 2.02. The lowest BCUT2D eigenvalue weighted by Gasteiger charge is -2.39. The van der Waals surface area contributed by atoms with Crippen molar-refractivity contribution in [2.45, 2.75) is 64.3 Å². The molecule has 3 rings (SSSR count). The monoisotopic (exact) mass is 410 g/mol. The van der Waals surface area contributed by atoms with Gasteiger partial charge in [0, 0.05) is 6.54 Å². The van der Waals surface area contributed by atoms with E-state index in [1.165, 1.54) is 43.2 Å². The molecule has 2 aromatic rings. The maximum Gasteiger partial charge on any atom is 0.122 e. The molecule has 1 heterocycles. The van der Waals surface area contributed by atoms with E-state index in [1.807, 2.05) is 17.1 Å². The Kier molecular flexibility index (Phi) is 9.03. The lowest BCUT2D eigenvalue weighted by atomic mass is 9.81. The van der Waals surface area contributed by atoms with E-state index in [9.17, 15) is 0 Å². The molecule has 30 heavy (non-hydrogen) atoms. The van der Waals surface area contributed by atoms with Crippen LogP contribution >= 0.6 is 0 Å². The number of piperidine rings is 1. The summed E-state index contributed by atoms with van der Waals surface area (Å²) in [7, 11) is 1.75. The van der Waals surface area contributed by atoms with Crippen molar-refractivity contribution >= 4 is 0 Å². The highest BCUT2D eigenvalue weighted by molar-refractivity contribution is 5.41. The van der Waals surface area contributed by atoms with Crippen LogP contribution in [0.1, 0.15) is 69.0 Å². The predicted molar refractivity (Wildman–Crippen MR) is 124 cm³/mol. The molecule has 4 nitrogen and oxygen atoms in total. The van der Waals surface area contributed by atoms with Crippen molar-refractivity contribution in [3.8, 4) is 11.5 Å². The molecule has 0 aliphatic carbocycles. The van der Waals surface area contributed by atoms with Gasteiger partial charge in [-0.1, -0.05) is 62.9 Å². The highest BCUT2D eigenvalue weighted by atomic mass is 16.5. The average molecular weight is 411 g/mol. The summed E-state index contributed by atoms with van der Waals surface area (Å²) in [5.41, 5.74) is 2.50. The minimum atomic E-state index is 0.229. The third-order valence-corrected chi connectivity index (χ3v) is 6.19. The van der Waals surface area contributed by atoms with Gasteiger partial charge in [-0.3, -0.25) is 5.84 Å². The van der Waals surface area contributed by atoms with E-state index in [0.717, 1.165) is 43.9 Å². The van der Waals surface area contributed by atoms with Gasteiger partial charge in [0.2, 0.25) is 0 Å². The Balaban J connectivity index is 1.68. The van der Waals surface area contributed by atoms with E-state index in [-0.39, 0.29) is 6.04 Å². The van der Waals surface area contributed by atoms with Crippen molar-refractivity contribution in [2.24, 2.45) is 11.8 Å². The summed E-state index contributed by atoms with van der Waals surface area (Å²) in [6.45, 7) is 3.96. The molecule has 0 spiro atoms. The molecule has 0 unspecified atom stereocenters. The van der Waals surface area contributed by atoms with Gasteiger partial charge in [-0.15, -0.1) is 0 Å². The maximum absolute atomic E-state index is 6.45. The van der Waals surface area contributed by atoms with Gasteiger partial charge in [-0.25, -0.2) is 5.01 Å². The third-order valence-electron chi connectivity index (χ3n) is 6.19. The standard InChI is InChI=1S/C26H38N2O2/c1-3-4-5-6-10-18-30-24-15-16-25(29-2)23(20-24)19-22-14-11-17-28(27)26(22)21-12-8-7-9-13-21/h7-9,12-13,15-16,20,22,26H,3-6,10-11,14,17-19,27H2,1-2H3/t22-,26+/m0/s1. The van der Waals surface area contributed by atoms with E-state index < -0.39 is 0 Å². The summed E-state index contributed by atoms with van der Waals surface area (Å²) in [6.07, 6.45) is 9.46. The molecule has 0 aromatic heterocycles. The molecule has 1 fully saturated rings. The van der Waals surface area contributed by atoms with E-state index in [2.05, 4.69) is 43.3 Å². The van der Waals surface area contributed by atoms with Crippen molar-refractivity contribution in [2.75, 3.05) is 20.3 Å². The molecule has 2 atom stereocenters. The maximum atomic E-state index is 6.45. The van der Waals surface area contributed by atoms with Crippen LogP contribution in [-0.4, -0.2) is 25.3 Å².